The number of carbonyl (C=O) groups excluding carboxylic acids is 3. The van der Waals surface area contributed by atoms with Crippen molar-refractivity contribution in [3.8, 4) is 0 Å². The first-order valence-electron chi connectivity index (χ1n) is 9.47. The highest BCUT2D eigenvalue weighted by atomic mass is 32.2. The molecule has 1 aromatic carbocycles. The van der Waals surface area contributed by atoms with Crippen LogP contribution in [0.1, 0.15) is 10.4 Å². The number of carbonyl (C=O) groups is 3. The zero-order valence-electron chi connectivity index (χ0n) is 17.2. The molecule has 1 atom stereocenters. The number of nitrogens with zero attached hydrogens (tertiary/aromatic N) is 4. The van der Waals surface area contributed by atoms with E-state index in [0.717, 1.165) is 15.3 Å². The number of aryl methyl sites for hydroxylation is 1. The maximum Gasteiger partial charge on any atom is 0.445 e. The van der Waals surface area contributed by atoms with E-state index in [1.54, 1.807) is 7.05 Å². The molecule has 3 heterocycles. The molecule has 0 bridgehead atoms. The standard InChI is InChI=1S/C21H19N5O3S2/c1-12-6-4-7-13(10-12)22-15(27)11-31-19-16-18(25(2)21(29)26(3)20(16)28)23-17(24-19)14-8-5-9-30-14/h4-10,16H,11H2,1-3H3/p+1. The molecule has 8 nitrogen and oxygen atoms in total. The third kappa shape index (κ3) is 4.21. The van der Waals surface area contributed by atoms with E-state index < -0.39 is 17.9 Å². The van der Waals surface area contributed by atoms with Crippen molar-refractivity contribution >= 4 is 63.3 Å². The Balaban J connectivity index is 1.61. The molecule has 0 aliphatic carbocycles. The van der Waals surface area contributed by atoms with Gasteiger partial charge >= 0.3 is 11.9 Å². The predicted octanol–water partition coefficient (Wildman–Crippen LogP) is 2.84. The lowest BCUT2D eigenvalue weighted by Gasteiger charge is -2.26. The van der Waals surface area contributed by atoms with Crippen molar-refractivity contribution in [3.05, 3.63) is 52.2 Å². The number of imide groups is 1. The summed E-state index contributed by atoms with van der Waals surface area (Å²) in [5.41, 5.74) is 1.75. The Morgan fingerprint density at radius 1 is 1.26 bits per heavy atom. The molecule has 4 amide bonds. The number of urea groups is 1. The van der Waals surface area contributed by atoms with Crippen molar-refractivity contribution in [2.75, 3.05) is 25.2 Å². The summed E-state index contributed by atoms with van der Waals surface area (Å²) in [5, 5.41) is 5.21. The second-order valence-corrected chi connectivity index (χ2v) is 9.04. The molecule has 1 aromatic heterocycles. The molecule has 2 aliphatic rings. The summed E-state index contributed by atoms with van der Waals surface area (Å²) in [5.74, 6) is -0.595. The highest BCUT2D eigenvalue weighted by molar-refractivity contribution is 8.14. The molecule has 0 radical (unpaired) electrons. The van der Waals surface area contributed by atoms with Gasteiger partial charge in [-0.25, -0.2) is 9.79 Å². The summed E-state index contributed by atoms with van der Waals surface area (Å²) in [6, 6.07) is 10.8. The fraction of sp³-hybridized carbons (Fsp3) is 0.238. The number of amidine groups is 2. The van der Waals surface area contributed by atoms with Gasteiger partial charge in [0, 0.05) is 5.69 Å². The van der Waals surface area contributed by atoms with E-state index >= 15 is 0 Å². The lowest BCUT2D eigenvalue weighted by molar-refractivity contribution is -0.407. The molecule has 2 aromatic rings. The smallest absolute Gasteiger partial charge is 0.325 e. The topological polar surface area (TPSA) is 94.2 Å². The van der Waals surface area contributed by atoms with Crippen LogP contribution in [-0.4, -0.2) is 63.9 Å². The first kappa shape index (κ1) is 21.1. The number of hydrogen-bond donors (Lipinski definition) is 1. The average Bonchev–Trinajstić information content (AvgIpc) is 3.29. The van der Waals surface area contributed by atoms with Crippen molar-refractivity contribution in [1.29, 1.82) is 0 Å². The molecule has 4 rings (SSSR count). The zero-order valence-corrected chi connectivity index (χ0v) is 18.8. The van der Waals surface area contributed by atoms with Gasteiger partial charge < -0.3 is 5.32 Å². The lowest BCUT2D eigenvalue weighted by atomic mass is 10.0. The van der Waals surface area contributed by atoms with Gasteiger partial charge in [0.25, 0.3) is 5.84 Å². The van der Waals surface area contributed by atoms with Crippen LogP contribution >= 0.6 is 23.1 Å². The second kappa shape index (κ2) is 8.56. The summed E-state index contributed by atoms with van der Waals surface area (Å²) < 4.78 is 1.36. The molecule has 0 spiro atoms. The largest absolute Gasteiger partial charge is 0.445 e. The summed E-state index contributed by atoms with van der Waals surface area (Å²) in [6.45, 7) is 1.95. The van der Waals surface area contributed by atoms with Crippen LogP contribution in [0.25, 0.3) is 0 Å². The number of nitrogens with one attached hydrogen (secondary N) is 1. The van der Waals surface area contributed by atoms with E-state index in [2.05, 4.69) is 15.3 Å². The van der Waals surface area contributed by atoms with Gasteiger partial charge in [-0.3, -0.25) is 9.59 Å². The van der Waals surface area contributed by atoms with Gasteiger partial charge in [-0.2, -0.15) is 9.48 Å². The van der Waals surface area contributed by atoms with E-state index in [1.165, 1.54) is 34.7 Å². The molecule has 31 heavy (non-hydrogen) atoms. The number of thioether (sulfide) groups is 1. The summed E-state index contributed by atoms with van der Waals surface area (Å²) >= 11 is 2.64. The van der Waals surface area contributed by atoms with Gasteiger partial charge in [0.1, 0.15) is 5.04 Å². The number of benzene rings is 1. The number of fused-ring (bicyclic) bond motifs is 1. The van der Waals surface area contributed by atoms with Crippen LogP contribution in [0, 0.1) is 12.8 Å². The first-order chi connectivity index (χ1) is 14.8. The Hall–Kier alpha value is -3.11. The summed E-state index contributed by atoms with van der Waals surface area (Å²) in [7, 11) is 3.02. The number of rotatable bonds is 4. The summed E-state index contributed by atoms with van der Waals surface area (Å²) in [6.07, 6.45) is 0. The number of aliphatic imine (C=N–C) groups is 2. The molecule has 0 fully saturated rings. The van der Waals surface area contributed by atoms with Crippen molar-refractivity contribution in [1.82, 2.24) is 4.90 Å². The molecular formula is C21H20N5O3S2+. The number of thiophene rings is 1. The highest BCUT2D eigenvalue weighted by Crippen LogP contribution is 2.27. The zero-order chi connectivity index (χ0) is 22.1. The molecule has 10 heteroatoms. The van der Waals surface area contributed by atoms with Gasteiger partial charge in [-0.1, -0.05) is 35.0 Å². The van der Waals surface area contributed by atoms with Crippen LogP contribution in [0.4, 0.5) is 10.5 Å². The third-order valence-corrected chi connectivity index (χ3v) is 6.73. The minimum Gasteiger partial charge on any atom is -0.325 e. The van der Waals surface area contributed by atoms with Gasteiger partial charge in [-0.05, 0) is 36.1 Å². The molecule has 1 N–H and O–H groups in total. The van der Waals surface area contributed by atoms with Crippen molar-refractivity contribution < 1.29 is 19.0 Å². The van der Waals surface area contributed by atoms with E-state index in [0.29, 0.717) is 22.4 Å². The number of anilines is 1. The van der Waals surface area contributed by atoms with Crippen LogP contribution < -0.4 is 5.32 Å². The SMILES string of the molecule is Cc1cccc(NC(=O)CSC2=NC(c3cccs3)=NC3=[N+](C)C(=O)N(C)C(=O)C23)c1. The highest BCUT2D eigenvalue weighted by Gasteiger charge is 2.49. The van der Waals surface area contributed by atoms with Crippen molar-refractivity contribution in [3.63, 3.8) is 0 Å². The Labute approximate surface area is 187 Å². The van der Waals surface area contributed by atoms with Crippen LogP contribution in [0.15, 0.2) is 51.8 Å². The maximum atomic E-state index is 12.9. The van der Waals surface area contributed by atoms with E-state index in [1.807, 2.05) is 48.7 Å². The predicted molar refractivity (Wildman–Crippen MR) is 123 cm³/mol. The van der Waals surface area contributed by atoms with Crippen LogP contribution in [0.2, 0.25) is 0 Å². The van der Waals surface area contributed by atoms with Gasteiger partial charge in [-0.15, -0.1) is 11.3 Å². The van der Waals surface area contributed by atoms with E-state index in [-0.39, 0.29) is 11.7 Å². The van der Waals surface area contributed by atoms with Gasteiger partial charge in [0.2, 0.25) is 11.7 Å². The minimum atomic E-state index is -0.812. The fourth-order valence-electron chi connectivity index (χ4n) is 3.26. The minimum absolute atomic E-state index is 0.0724. The van der Waals surface area contributed by atoms with Gasteiger partial charge in [0.15, 0.2) is 5.92 Å². The van der Waals surface area contributed by atoms with Crippen molar-refractivity contribution in [2.45, 2.75) is 6.92 Å². The molecule has 2 aliphatic heterocycles. The molecule has 0 saturated carbocycles. The van der Waals surface area contributed by atoms with E-state index in [4.69, 9.17) is 0 Å². The lowest BCUT2D eigenvalue weighted by Crippen LogP contribution is -2.54. The fourth-order valence-corrected chi connectivity index (χ4v) is 4.80. The molecular weight excluding hydrogens is 434 g/mol. The van der Waals surface area contributed by atoms with Crippen LogP contribution in [0.5, 0.6) is 0 Å². The van der Waals surface area contributed by atoms with Crippen LogP contribution in [-0.2, 0) is 9.59 Å². The molecule has 1 unspecified atom stereocenters. The van der Waals surface area contributed by atoms with Crippen molar-refractivity contribution in [2.24, 2.45) is 15.9 Å². The normalized spacial score (nSPS) is 18.5. The summed E-state index contributed by atoms with van der Waals surface area (Å²) in [4.78, 5) is 48.8. The van der Waals surface area contributed by atoms with E-state index in [9.17, 15) is 14.4 Å². The Bertz CT molecular complexity index is 1170. The Morgan fingerprint density at radius 2 is 2.06 bits per heavy atom. The number of hydrogen-bond acceptors (Lipinski definition) is 7. The first-order valence-corrected chi connectivity index (χ1v) is 11.3. The molecule has 0 saturated heterocycles. The quantitative estimate of drug-likeness (QED) is 0.719. The number of amides is 4. The van der Waals surface area contributed by atoms with Gasteiger partial charge in [0.05, 0.1) is 24.7 Å². The maximum absolute atomic E-state index is 12.9. The third-order valence-electron chi connectivity index (χ3n) is 4.83. The average molecular weight is 455 g/mol. The van der Waals surface area contributed by atoms with Crippen LogP contribution in [0.3, 0.4) is 0 Å². The Kier molecular flexibility index (Phi) is 5.84. The monoisotopic (exact) mass is 454 g/mol. The Morgan fingerprint density at radius 3 is 2.77 bits per heavy atom. The second-order valence-electron chi connectivity index (χ2n) is 7.10. The molecule has 158 valence electrons.